The van der Waals surface area contributed by atoms with Gasteiger partial charge in [-0.1, -0.05) is 31.2 Å². The molecule has 2 aromatic carbocycles. The molecule has 0 bridgehead atoms. The lowest BCUT2D eigenvalue weighted by molar-refractivity contribution is -0.128. The van der Waals surface area contributed by atoms with Gasteiger partial charge >= 0.3 is 0 Å². The van der Waals surface area contributed by atoms with Gasteiger partial charge in [0.1, 0.15) is 5.75 Å². The van der Waals surface area contributed by atoms with E-state index in [4.69, 9.17) is 4.74 Å². The standard InChI is InChI=1S/C23H29NO4S/c1-4-21(18-12-14-19(15-13-18)29(3,26)27)24-23(25)16(2)28-22-11-7-9-17-8-5-6-10-20(17)22/h7,9,11-16,21H,4-6,8,10H2,1-3H3,(H,24,25). The van der Waals surface area contributed by atoms with Crippen LogP contribution in [0.2, 0.25) is 0 Å². The van der Waals surface area contributed by atoms with E-state index in [1.165, 1.54) is 23.8 Å². The Kier molecular flexibility index (Phi) is 6.63. The normalized spacial score (nSPS) is 15.8. The van der Waals surface area contributed by atoms with Gasteiger partial charge in [0.25, 0.3) is 5.91 Å². The summed E-state index contributed by atoms with van der Waals surface area (Å²) in [7, 11) is -3.24. The summed E-state index contributed by atoms with van der Waals surface area (Å²) in [6.07, 6.45) is 5.66. The lowest BCUT2D eigenvalue weighted by atomic mass is 9.91. The molecular formula is C23H29NO4S. The quantitative estimate of drug-likeness (QED) is 0.742. The third kappa shape index (κ3) is 5.18. The average molecular weight is 416 g/mol. The Morgan fingerprint density at radius 2 is 1.79 bits per heavy atom. The monoisotopic (exact) mass is 415 g/mol. The zero-order chi connectivity index (χ0) is 21.0. The van der Waals surface area contributed by atoms with Gasteiger partial charge in [0.2, 0.25) is 0 Å². The van der Waals surface area contributed by atoms with Crippen molar-refractivity contribution in [1.29, 1.82) is 0 Å². The van der Waals surface area contributed by atoms with Crippen LogP contribution in [0, 0.1) is 0 Å². The van der Waals surface area contributed by atoms with Crippen molar-refractivity contribution in [2.75, 3.05) is 6.26 Å². The summed E-state index contributed by atoms with van der Waals surface area (Å²) in [5, 5.41) is 3.03. The summed E-state index contributed by atoms with van der Waals surface area (Å²) in [5.41, 5.74) is 3.41. The second-order valence-electron chi connectivity index (χ2n) is 7.67. The SMILES string of the molecule is CCC(NC(=O)C(C)Oc1cccc2c1CCCC2)c1ccc(S(C)(=O)=O)cc1. The van der Waals surface area contributed by atoms with Crippen LogP contribution in [-0.2, 0) is 27.5 Å². The first-order chi connectivity index (χ1) is 13.8. The molecule has 2 aromatic rings. The molecule has 0 saturated heterocycles. The minimum atomic E-state index is -3.24. The van der Waals surface area contributed by atoms with E-state index in [-0.39, 0.29) is 16.8 Å². The number of nitrogens with one attached hydrogen (secondary N) is 1. The Balaban J connectivity index is 1.68. The molecule has 3 rings (SSSR count). The highest BCUT2D eigenvalue weighted by Gasteiger charge is 2.22. The Morgan fingerprint density at radius 1 is 1.10 bits per heavy atom. The van der Waals surface area contributed by atoms with Gasteiger partial charge in [0, 0.05) is 6.26 Å². The van der Waals surface area contributed by atoms with Crippen LogP contribution in [0.1, 0.15) is 55.8 Å². The number of aryl methyl sites for hydroxylation is 1. The first-order valence-electron chi connectivity index (χ1n) is 10.2. The van der Waals surface area contributed by atoms with Gasteiger partial charge in [0.05, 0.1) is 10.9 Å². The zero-order valence-corrected chi connectivity index (χ0v) is 18.1. The average Bonchev–Trinajstić information content (AvgIpc) is 2.71. The molecule has 0 aliphatic heterocycles. The molecule has 5 nitrogen and oxygen atoms in total. The lowest BCUT2D eigenvalue weighted by Crippen LogP contribution is -2.38. The summed E-state index contributed by atoms with van der Waals surface area (Å²) >= 11 is 0. The van der Waals surface area contributed by atoms with Crippen molar-refractivity contribution in [3.63, 3.8) is 0 Å². The van der Waals surface area contributed by atoms with Crippen molar-refractivity contribution < 1.29 is 17.9 Å². The largest absolute Gasteiger partial charge is 0.481 e. The molecule has 0 spiro atoms. The predicted octanol–water partition coefficient (Wildman–Crippen LogP) is 4.00. The fourth-order valence-electron chi connectivity index (χ4n) is 3.76. The number of hydrogen-bond donors (Lipinski definition) is 1. The van der Waals surface area contributed by atoms with Gasteiger partial charge in [-0.15, -0.1) is 0 Å². The number of fused-ring (bicyclic) bond motifs is 1. The van der Waals surface area contributed by atoms with E-state index in [9.17, 15) is 13.2 Å². The van der Waals surface area contributed by atoms with Gasteiger partial charge in [-0.05, 0) is 73.9 Å². The molecule has 0 heterocycles. The van der Waals surface area contributed by atoms with Crippen LogP contribution >= 0.6 is 0 Å². The number of benzene rings is 2. The maximum absolute atomic E-state index is 12.8. The number of hydrogen-bond acceptors (Lipinski definition) is 4. The molecule has 0 saturated carbocycles. The van der Waals surface area contributed by atoms with Crippen molar-refractivity contribution in [1.82, 2.24) is 5.32 Å². The maximum Gasteiger partial charge on any atom is 0.261 e. The molecule has 1 N–H and O–H groups in total. The highest BCUT2D eigenvalue weighted by Crippen LogP contribution is 2.30. The number of ether oxygens (including phenoxy) is 1. The van der Waals surface area contributed by atoms with E-state index in [0.717, 1.165) is 30.6 Å². The number of sulfone groups is 1. The second kappa shape index (κ2) is 8.99. The molecule has 0 fully saturated rings. The van der Waals surface area contributed by atoms with Gasteiger partial charge in [-0.2, -0.15) is 0 Å². The van der Waals surface area contributed by atoms with Crippen LogP contribution in [0.15, 0.2) is 47.4 Å². The maximum atomic E-state index is 12.8. The summed E-state index contributed by atoms with van der Waals surface area (Å²) in [4.78, 5) is 13.0. The van der Waals surface area contributed by atoms with Crippen molar-refractivity contribution in [2.24, 2.45) is 0 Å². The van der Waals surface area contributed by atoms with Gasteiger partial charge in [-0.3, -0.25) is 4.79 Å². The number of amides is 1. The number of carbonyl (C=O) groups excluding carboxylic acids is 1. The Bertz CT molecular complexity index is 967. The molecule has 0 radical (unpaired) electrons. The van der Waals surface area contributed by atoms with Crippen LogP contribution in [-0.4, -0.2) is 26.7 Å². The molecule has 2 atom stereocenters. The van der Waals surface area contributed by atoms with Gasteiger partial charge in [0.15, 0.2) is 15.9 Å². The van der Waals surface area contributed by atoms with Crippen LogP contribution in [0.5, 0.6) is 5.75 Å². The molecule has 0 aromatic heterocycles. The Labute approximate surface area is 173 Å². The molecule has 29 heavy (non-hydrogen) atoms. The first-order valence-corrected chi connectivity index (χ1v) is 12.1. The molecule has 2 unspecified atom stereocenters. The summed E-state index contributed by atoms with van der Waals surface area (Å²) in [6, 6.07) is 12.5. The molecule has 1 aliphatic carbocycles. The fourth-order valence-corrected chi connectivity index (χ4v) is 4.39. The van der Waals surface area contributed by atoms with E-state index in [1.54, 1.807) is 31.2 Å². The summed E-state index contributed by atoms with van der Waals surface area (Å²) in [6.45, 7) is 3.74. The second-order valence-corrected chi connectivity index (χ2v) is 9.69. The lowest BCUT2D eigenvalue weighted by Gasteiger charge is -2.24. The van der Waals surface area contributed by atoms with Crippen molar-refractivity contribution >= 4 is 15.7 Å². The van der Waals surface area contributed by atoms with Gasteiger partial charge < -0.3 is 10.1 Å². The number of carbonyl (C=O) groups is 1. The topological polar surface area (TPSA) is 72.5 Å². The third-order valence-corrected chi connectivity index (χ3v) is 6.59. The minimum Gasteiger partial charge on any atom is -0.481 e. The fraction of sp³-hybridized carbons (Fsp3) is 0.435. The van der Waals surface area contributed by atoms with Crippen molar-refractivity contribution in [3.8, 4) is 5.75 Å². The van der Waals surface area contributed by atoms with Crippen molar-refractivity contribution in [2.45, 2.75) is 63.0 Å². The smallest absolute Gasteiger partial charge is 0.261 e. The molecule has 1 aliphatic rings. The summed E-state index contributed by atoms with van der Waals surface area (Å²) in [5.74, 6) is 0.618. The van der Waals surface area contributed by atoms with E-state index in [2.05, 4.69) is 11.4 Å². The minimum absolute atomic E-state index is 0.183. The zero-order valence-electron chi connectivity index (χ0n) is 17.3. The predicted molar refractivity (Wildman–Crippen MR) is 114 cm³/mol. The molecule has 1 amide bonds. The third-order valence-electron chi connectivity index (χ3n) is 5.46. The van der Waals surface area contributed by atoms with Crippen LogP contribution in [0.25, 0.3) is 0 Å². The van der Waals surface area contributed by atoms with E-state index < -0.39 is 15.9 Å². The van der Waals surface area contributed by atoms with Gasteiger partial charge in [-0.25, -0.2) is 8.42 Å². The Morgan fingerprint density at radius 3 is 2.45 bits per heavy atom. The molecule has 6 heteroatoms. The highest BCUT2D eigenvalue weighted by atomic mass is 32.2. The van der Waals surface area contributed by atoms with Crippen molar-refractivity contribution in [3.05, 3.63) is 59.2 Å². The molecular weight excluding hydrogens is 386 g/mol. The molecule has 156 valence electrons. The van der Waals surface area contributed by atoms with Crippen LogP contribution in [0.4, 0.5) is 0 Å². The number of rotatable bonds is 7. The van der Waals surface area contributed by atoms with E-state index in [0.29, 0.717) is 6.42 Å². The highest BCUT2D eigenvalue weighted by molar-refractivity contribution is 7.90. The van der Waals surface area contributed by atoms with E-state index >= 15 is 0 Å². The first kappa shape index (κ1) is 21.4. The Hall–Kier alpha value is -2.34. The van der Waals surface area contributed by atoms with E-state index in [1.807, 2.05) is 19.1 Å². The van der Waals surface area contributed by atoms with Crippen LogP contribution in [0.3, 0.4) is 0 Å². The summed E-state index contributed by atoms with van der Waals surface area (Å²) < 4.78 is 29.3. The van der Waals surface area contributed by atoms with Crippen LogP contribution < -0.4 is 10.1 Å².